The largest absolute Gasteiger partial charge is 0.494 e. The van der Waals surface area contributed by atoms with Gasteiger partial charge in [-0.05, 0) is 38.5 Å². The van der Waals surface area contributed by atoms with Crippen molar-refractivity contribution in [2.45, 2.75) is 49.8 Å². The quantitative estimate of drug-likeness (QED) is 0.541. The Kier molecular flexibility index (Phi) is 6.63. The summed E-state index contributed by atoms with van der Waals surface area (Å²) in [4.78, 5) is 16.8. The van der Waals surface area contributed by atoms with Crippen molar-refractivity contribution in [3.05, 3.63) is 52.0 Å². The molecule has 3 rings (SSSR count). The van der Waals surface area contributed by atoms with Crippen LogP contribution in [0.3, 0.4) is 0 Å². The summed E-state index contributed by atoms with van der Waals surface area (Å²) in [5, 5.41) is 10.6. The number of benzene rings is 1. The lowest BCUT2D eigenvalue weighted by Gasteiger charge is -2.19. The zero-order valence-electron chi connectivity index (χ0n) is 18.6. The number of aromatic hydroxyl groups is 1. The topological polar surface area (TPSA) is 121 Å². The van der Waals surface area contributed by atoms with Crippen molar-refractivity contribution in [1.29, 1.82) is 0 Å². The summed E-state index contributed by atoms with van der Waals surface area (Å²) in [5.74, 6) is 0.379. The van der Waals surface area contributed by atoms with Gasteiger partial charge in [0.05, 0.1) is 14.2 Å². The molecule has 9 nitrogen and oxygen atoms in total. The fourth-order valence-electron chi connectivity index (χ4n) is 3.54. The molecule has 0 saturated heterocycles. The number of rotatable bonds is 8. The minimum atomic E-state index is -4.44. The predicted molar refractivity (Wildman–Crippen MR) is 117 cm³/mol. The number of methoxy groups -OCH3 is 2. The van der Waals surface area contributed by atoms with Gasteiger partial charge in [0.2, 0.25) is 15.7 Å². The molecule has 2 aromatic heterocycles. The van der Waals surface area contributed by atoms with Gasteiger partial charge in [-0.15, -0.1) is 0 Å². The highest BCUT2D eigenvalue weighted by Crippen LogP contribution is 2.35. The molecule has 0 bridgehead atoms. The molecule has 10 heteroatoms. The van der Waals surface area contributed by atoms with Crippen LogP contribution in [0.4, 0.5) is 0 Å². The molecule has 0 unspecified atom stereocenters. The van der Waals surface area contributed by atoms with Crippen molar-refractivity contribution in [1.82, 2.24) is 9.55 Å². The summed E-state index contributed by atoms with van der Waals surface area (Å²) in [6.45, 7) is 5.03. The van der Waals surface area contributed by atoms with E-state index in [1.54, 1.807) is 25.1 Å². The fraction of sp³-hybridized carbons (Fsp3) is 0.364. The average molecular weight is 463 g/mol. The monoisotopic (exact) mass is 462 g/mol. The third kappa shape index (κ3) is 3.97. The van der Waals surface area contributed by atoms with Gasteiger partial charge in [0.25, 0.3) is 5.56 Å². The third-order valence-electron chi connectivity index (χ3n) is 5.03. The lowest BCUT2D eigenvalue weighted by Crippen LogP contribution is -2.30. The van der Waals surface area contributed by atoms with E-state index in [2.05, 4.69) is 4.98 Å². The van der Waals surface area contributed by atoms with Crippen LogP contribution in [0.15, 0.2) is 43.3 Å². The molecule has 32 heavy (non-hydrogen) atoms. The van der Waals surface area contributed by atoms with Crippen molar-refractivity contribution < 1.29 is 27.4 Å². The molecule has 1 aromatic carbocycles. The SMILES string of the molecule is CCCCc1nc(O)c(S(=O)(=O)c2cc(C)oc2C)c(=O)n1-c1c(OC)cccc1OC. The molecule has 0 saturated carbocycles. The van der Waals surface area contributed by atoms with Crippen LogP contribution in [0.5, 0.6) is 17.4 Å². The molecule has 3 aromatic rings. The Balaban J connectivity index is 2.43. The van der Waals surface area contributed by atoms with Crippen LogP contribution in [0.2, 0.25) is 0 Å². The molecule has 0 amide bonds. The first-order valence-corrected chi connectivity index (χ1v) is 11.5. The minimum Gasteiger partial charge on any atom is -0.494 e. The third-order valence-corrected chi connectivity index (χ3v) is 6.91. The van der Waals surface area contributed by atoms with Gasteiger partial charge >= 0.3 is 0 Å². The maximum Gasteiger partial charge on any atom is 0.281 e. The Morgan fingerprint density at radius 1 is 1.16 bits per heavy atom. The van der Waals surface area contributed by atoms with Gasteiger partial charge < -0.3 is 19.0 Å². The van der Waals surface area contributed by atoms with E-state index in [0.717, 1.165) is 11.0 Å². The van der Waals surface area contributed by atoms with E-state index >= 15 is 0 Å². The lowest BCUT2D eigenvalue weighted by molar-refractivity contribution is 0.386. The Hall–Kier alpha value is -3.27. The Bertz CT molecular complexity index is 1280. The van der Waals surface area contributed by atoms with E-state index in [1.807, 2.05) is 6.92 Å². The summed E-state index contributed by atoms with van der Waals surface area (Å²) in [7, 11) is -1.58. The highest BCUT2D eigenvalue weighted by molar-refractivity contribution is 7.91. The summed E-state index contributed by atoms with van der Waals surface area (Å²) in [6.07, 6.45) is 1.79. The van der Waals surface area contributed by atoms with E-state index in [-0.39, 0.29) is 33.7 Å². The summed E-state index contributed by atoms with van der Waals surface area (Å²) in [5.41, 5.74) is -0.748. The number of furan rings is 1. The van der Waals surface area contributed by atoms with Gasteiger partial charge in [0, 0.05) is 6.42 Å². The normalized spacial score (nSPS) is 11.5. The smallest absolute Gasteiger partial charge is 0.281 e. The molecule has 1 N–H and O–H groups in total. The van der Waals surface area contributed by atoms with Gasteiger partial charge in [-0.1, -0.05) is 19.4 Å². The number of nitrogens with zero attached hydrogens (tertiary/aromatic N) is 2. The molecule has 0 aliphatic rings. The maximum atomic E-state index is 13.7. The average Bonchev–Trinajstić information content (AvgIpc) is 3.10. The standard InChI is InChI=1S/C22H26N2O7S/c1-6-7-11-18-23-21(25)20(32(27,28)17-12-13(2)31-14(17)3)22(26)24(18)19-15(29-4)9-8-10-16(19)30-5/h8-10,12,25H,6-7,11H2,1-5H3. The van der Waals surface area contributed by atoms with E-state index in [0.29, 0.717) is 18.6 Å². The van der Waals surface area contributed by atoms with Crippen LogP contribution < -0.4 is 15.0 Å². The maximum absolute atomic E-state index is 13.7. The molecule has 0 fully saturated rings. The van der Waals surface area contributed by atoms with Gasteiger partial charge in [0.15, 0.2) is 4.90 Å². The first kappa shape index (κ1) is 23.4. The van der Waals surface area contributed by atoms with E-state index in [4.69, 9.17) is 13.9 Å². The molecule has 0 atom stereocenters. The predicted octanol–water partition coefficient (Wildman–Crippen LogP) is 3.34. The van der Waals surface area contributed by atoms with Gasteiger partial charge in [-0.3, -0.25) is 9.36 Å². The minimum absolute atomic E-state index is 0.109. The second-order valence-corrected chi connectivity index (χ2v) is 9.07. The first-order valence-electron chi connectivity index (χ1n) is 10.1. The molecule has 0 aliphatic carbocycles. The number of para-hydroxylation sites is 1. The van der Waals surface area contributed by atoms with Crippen LogP contribution in [0.1, 0.15) is 37.1 Å². The van der Waals surface area contributed by atoms with Crippen LogP contribution in [0, 0.1) is 13.8 Å². The lowest BCUT2D eigenvalue weighted by atomic mass is 10.2. The van der Waals surface area contributed by atoms with Gasteiger partial charge in [-0.2, -0.15) is 4.98 Å². The van der Waals surface area contributed by atoms with Crippen molar-refractivity contribution in [2.75, 3.05) is 14.2 Å². The highest BCUT2D eigenvalue weighted by atomic mass is 32.2. The van der Waals surface area contributed by atoms with Crippen molar-refractivity contribution in [2.24, 2.45) is 0 Å². The number of hydrogen-bond acceptors (Lipinski definition) is 8. The second-order valence-electron chi connectivity index (χ2n) is 7.22. The molecular weight excluding hydrogens is 436 g/mol. The summed E-state index contributed by atoms with van der Waals surface area (Å²) >= 11 is 0. The van der Waals surface area contributed by atoms with E-state index < -0.39 is 26.2 Å². The summed E-state index contributed by atoms with van der Waals surface area (Å²) in [6, 6.07) is 6.24. The molecule has 2 heterocycles. The molecule has 0 radical (unpaired) electrons. The van der Waals surface area contributed by atoms with Crippen LogP contribution in [-0.2, 0) is 16.3 Å². The van der Waals surface area contributed by atoms with E-state index in [1.165, 1.54) is 27.2 Å². The number of ether oxygens (including phenoxy) is 2. The van der Waals surface area contributed by atoms with Crippen LogP contribution >= 0.6 is 0 Å². The van der Waals surface area contributed by atoms with Crippen LogP contribution in [0.25, 0.3) is 5.69 Å². The van der Waals surface area contributed by atoms with Crippen LogP contribution in [-0.4, -0.2) is 37.3 Å². The zero-order chi connectivity index (χ0) is 23.6. The molecule has 172 valence electrons. The number of aromatic nitrogens is 2. The summed E-state index contributed by atoms with van der Waals surface area (Å²) < 4.78 is 44.1. The number of aryl methyl sites for hydroxylation is 3. The van der Waals surface area contributed by atoms with Crippen molar-refractivity contribution >= 4 is 9.84 Å². The molecule has 0 aliphatic heterocycles. The first-order chi connectivity index (χ1) is 15.2. The second kappa shape index (κ2) is 9.07. The number of unbranched alkanes of at least 4 members (excludes halogenated alkanes) is 1. The molecule has 0 spiro atoms. The highest BCUT2D eigenvalue weighted by Gasteiger charge is 2.33. The van der Waals surface area contributed by atoms with Crippen molar-refractivity contribution in [3.8, 4) is 23.1 Å². The number of hydrogen-bond donors (Lipinski definition) is 1. The zero-order valence-corrected chi connectivity index (χ0v) is 19.4. The number of sulfone groups is 1. The Labute approximate surface area is 186 Å². The van der Waals surface area contributed by atoms with Gasteiger partial charge in [0.1, 0.15) is 39.4 Å². The molecular formula is C22H26N2O7S. The Morgan fingerprint density at radius 2 is 1.78 bits per heavy atom. The van der Waals surface area contributed by atoms with Gasteiger partial charge in [-0.25, -0.2) is 8.42 Å². The van der Waals surface area contributed by atoms with E-state index in [9.17, 15) is 18.3 Å². The fourth-order valence-corrected chi connectivity index (χ4v) is 5.11. The van der Waals surface area contributed by atoms with Crippen molar-refractivity contribution in [3.63, 3.8) is 0 Å². The Morgan fingerprint density at radius 3 is 2.28 bits per heavy atom.